The van der Waals surface area contributed by atoms with Crippen molar-refractivity contribution in [3.05, 3.63) is 46.3 Å². The number of carbonyl (C=O) groups is 1. The van der Waals surface area contributed by atoms with Gasteiger partial charge in [-0.25, -0.2) is 9.48 Å². The molecule has 0 saturated carbocycles. The highest BCUT2D eigenvalue weighted by Crippen LogP contribution is 2.23. The van der Waals surface area contributed by atoms with Crippen LogP contribution in [0.5, 0.6) is 0 Å². The molecule has 104 valence electrons. The predicted molar refractivity (Wildman–Crippen MR) is 70.6 cm³/mol. The number of para-hydroxylation sites is 2. The molecule has 0 aliphatic heterocycles. The van der Waals surface area contributed by atoms with Crippen molar-refractivity contribution in [2.75, 3.05) is 12.3 Å². The molecule has 8 nitrogen and oxygen atoms in total. The average molecular weight is 276 g/mol. The van der Waals surface area contributed by atoms with E-state index in [1.165, 1.54) is 23.0 Å². The molecular formula is C12H12N4O4. The van der Waals surface area contributed by atoms with Gasteiger partial charge in [0.05, 0.1) is 23.4 Å². The van der Waals surface area contributed by atoms with Gasteiger partial charge in [-0.05, 0) is 13.0 Å². The van der Waals surface area contributed by atoms with E-state index >= 15 is 0 Å². The molecule has 0 bridgehead atoms. The number of nitro benzene ring substituents is 1. The van der Waals surface area contributed by atoms with Crippen molar-refractivity contribution in [2.24, 2.45) is 0 Å². The molecule has 1 heterocycles. The third-order valence-corrected chi connectivity index (χ3v) is 2.54. The molecular weight excluding hydrogens is 264 g/mol. The van der Waals surface area contributed by atoms with Crippen molar-refractivity contribution in [3.63, 3.8) is 0 Å². The van der Waals surface area contributed by atoms with Crippen LogP contribution in [0.1, 0.15) is 17.4 Å². The topological polar surface area (TPSA) is 113 Å². The summed E-state index contributed by atoms with van der Waals surface area (Å²) >= 11 is 0. The minimum Gasteiger partial charge on any atom is -0.461 e. The molecule has 2 aromatic rings. The minimum atomic E-state index is -0.665. The van der Waals surface area contributed by atoms with E-state index in [1.54, 1.807) is 19.1 Å². The highest BCUT2D eigenvalue weighted by Gasteiger charge is 2.20. The largest absolute Gasteiger partial charge is 0.461 e. The number of ether oxygens (including phenoxy) is 1. The maximum Gasteiger partial charge on any atom is 0.361 e. The fourth-order valence-corrected chi connectivity index (χ4v) is 1.68. The van der Waals surface area contributed by atoms with Gasteiger partial charge in [-0.2, -0.15) is 5.10 Å². The maximum atomic E-state index is 11.6. The van der Waals surface area contributed by atoms with Crippen molar-refractivity contribution in [2.45, 2.75) is 6.92 Å². The summed E-state index contributed by atoms with van der Waals surface area (Å²) in [6.07, 6.45) is 1.34. The lowest BCUT2D eigenvalue weighted by molar-refractivity contribution is -0.384. The van der Waals surface area contributed by atoms with Crippen molar-refractivity contribution >= 4 is 17.3 Å². The molecule has 0 radical (unpaired) electrons. The summed E-state index contributed by atoms with van der Waals surface area (Å²) in [5.41, 5.74) is 5.80. The molecule has 20 heavy (non-hydrogen) atoms. The van der Waals surface area contributed by atoms with Crippen LogP contribution in [-0.4, -0.2) is 27.3 Å². The van der Waals surface area contributed by atoms with Gasteiger partial charge in [-0.15, -0.1) is 0 Å². The monoisotopic (exact) mass is 276 g/mol. The lowest BCUT2D eigenvalue weighted by Crippen LogP contribution is -2.08. The van der Waals surface area contributed by atoms with Gasteiger partial charge in [0, 0.05) is 6.07 Å². The second kappa shape index (κ2) is 5.39. The molecule has 0 atom stereocenters. The smallest absolute Gasteiger partial charge is 0.361 e. The normalized spacial score (nSPS) is 10.2. The van der Waals surface area contributed by atoms with Crippen LogP contribution in [0, 0.1) is 10.1 Å². The van der Waals surface area contributed by atoms with Gasteiger partial charge in [-0.3, -0.25) is 10.1 Å². The van der Waals surface area contributed by atoms with E-state index in [-0.39, 0.29) is 29.4 Å². The Bertz CT molecular complexity index is 665. The van der Waals surface area contributed by atoms with Crippen LogP contribution >= 0.6 is 0 Å². The first kappa shape index (κ1) is 13.5. The number of hydrogen-bond acceptors (Lipinski definition) is 6. The first-order valence-corrected chi connectivity index (χ1v) is 5.80. The number of nitrogens with zero attached hydrogens (tertiary/aromatic N) is 3. The summed E-state index contributed by atoms with van der Waals surface area (Å²) in [4.78, 5) is 22.1. The van der Waals surface area contributed by atoms with Gasteiger partial charge < -0.3 is 10.5 Å². The number of hydrogen-bond donors (Lipinski definition) is 1. The number of carbonyl (C=O) groups excluding carboxylic acids is 1. The Hall–Kier alpha value is -2.90. The fourth-order valence-electron chi connectivity index (χ4n) is 1.68. The number of anilines is 1. The Labute approximate surface area is 113 Å². The van der Waals surface area contributed by atoms with Crippen molar-refractivity contribution in [3.8, 4) is 5.69 Å². The van der Waals surface area contributed by atoms with E-state index < -0.39 is 10.9 Å². The second-order valence-electron chi connectivity index (χ2n) is 3.84. The summed E-state index contributed by atoms with van der Waals surface area (Å²) in [7, 11) is 0. The quantitative estimate of drug-likeness (QED) is 0.514. The van der Waals surface area contributed by atoms with E-state index in [0.717, 1.165) is 0 Å². The Balaban J connectivity index is 2.48. The average Bonchev–Trinajstić information content (AvgIpc) is 2.81. The molecule has 0 aliphatic carbocycles. The van der Waals surface area contributed by atoms with E-state index in [9.17, 15) is 14.9 Å². The lowest BCUT2D eigenvalue weighted by atomic mass is 10.3. The fraction of sp³-hybridized carbons (Fsp3) is 0.167. The van der Waals surface area contributed by atoms with E-state index in [1.807, 2.05) is 0 Å². The number of rotatable bonds is 4. The van der Waals surface area contributed by atoms with Gasteiger partial charge in [0.2, 0.25) is 0 Å². The standard InChI is InChI=1S/C12H12N4O4/c1-2-20-12(17)11-8(13)7-15(14-11)9-5-3-4-6-10(9)16(18)19/h3-7H,2,13H2,1H3. The van der Waals surface area contributed by atoms with E-state index in [0.29, 0.717) is 0 Å². The first-order chi connectivity index (χ1) is 9.54. The first-order valence-electron chi connectivity index (χ1n) is 5.80. The molecule has 0 aliphatic rings. The predicted octanol–water partition coefficient (Wildman–Crippen LogP) is 1.54. The lowest BCUT2D eigenvalue weighted by Gasteiger charge is -2.02. The summed E-state index contributed by atoms with van der Waals surface area (Å²) < 4.78 is 6.00. The SMILES string of the molecule is CCOC(=O)c1nn(-c2ccccc2[N+](=O)[O-])cc1N. The Morgan fingerprint density at radius 1 is 1.50 bits per heavy atom. The number of benzene rings is 1. The minimum absolute atomic E-state index is 0.0648. The number of aromatic nitrogens is 2. The summed E-state index contributed by atoms with van der Waals surface area (Å²) in [5, 5.41) is 14.9. The number of nitrogens with two attached hydrogens (primary N) is 1. The molecule has 1 aromatic heterocycles. The Morgan fingerprint density at radius 3 is 2.85 bits per heavy atom. The highest BCUT2D eigenvalue weighted by molar-refractivity contribution is 5.92. The van der Waals surface area contributed by atoms with E-state index in [4.69, 9.17) is 10.5 Å². The molecule has 2 N–H and O–H groups in total. The van der Waals surface area contributed by atoms with Gasteiger partial charge in [0.1, 0.15) is 5.69 Å². The highest BCUT2D eigenvalue weighted by atomic mass is 16.6. The molecule has 2 rings (SSSR count). The maximum absolute atomic E-state index is 11.6. The third-order valence-electron chi connectivity index (χ3n) is 2.54. The van der Waals surface area contributed by atoms with Crippen LogP contribution in [0.15, 0.2) is 30.5 Å². The van der Waals surface area contributed by atoms with Crippen molar-refractivity contribution in [1.29, 1.82) is 0 Å². The van der Waals surface area contributed by atoms with Crippen LogP contribution in [0.3, 0.4) is 0 Å². The van der Waals surface area contributed by atoms with Crippen molar-refractivity contribution in [1.82, 2.24) is 9.78 Å². The Morgan fingerprint density at radius 2 is 2.20 bits per heavy atom. The zero-order valence-corrected chi connectivity index (χ0v) is 10.6. The van der Waals surface area contributed by atoms with Crippen LogP contribution in [0.25, 0.3) is 5.69 Å². The van der Waals surface area contributed by atoms with Crippen LogP contribution in [-0.2, 0) is 4.74 Å². The number of nitrogen functional groups attached to an aromatic ring is 1. The Kier molecular flexibility index (Phi) is 3.65. The summed E-state index contributed by atoms with van der Waals surface area (Å²) in [6, 6.07) is 6.03. The molecule has 0 saturated heterocycles. The zero-order chi connectivity index (χ0) is 14.7. The van der Waals surface area contributed by atoms with Crippen LogP contribution in [0.2, 0.25) is 0 Å². The van der Waals surface area contributed by atoms with Gasteiger partial charge >= 0.3 is 5.97 Å². The third kappa shape index (κ3) is 2.44. The second-order valence-corrected chi connectivity index (χ2v) is 3.84. The summed E-state index contributed by atoms with van der Waals surface area (Å²) in [5.74, 6) is -0.665. The van der Waals surface area contributed by atoms with Gasteiger partial charge in [-0.1, -0.05) is 12.1 Å². The van der Waals surface area contributed by atoms with Gasteiger partial charge in [0.25, 0.3) is 5.69 Å². The molecule has 0 unspecified atom stereocenters. The number of nitro groups is 1. The summed E-state index contributed by atoms with van der Waals surface area (Å²) in [6.45, 7) is 1.85. The molecule has 0 spiro atoms. The van der Waals surface area contributed by atoms with E-state index in [2.05, 4.69) is 5.10 Å². The van der Waals surface area contributed by atoms with Crippen LogP contribution in [0.4, 0.5) is 11.4 Å². The number of esters is 1. The van der Waals surface area contributed by atoms with Gasteiger partial charge in [0.15, 0.2) is 5.69 Å². The molecule has 1 aromatic carbocycles. The molecule has 0 fully saturated rings. The molecule has 8 heteroatoms. The molecule has 0 amide bonds. The van der Waals surface area contributed by atoms with Crippen molar-refractivity contribution < 1.29 is 14.5 Å². The van der Waals surface area contributed by atoms with Crippen LogP contribution < -0.4 is 5.73 Å². The zero-order valence-electron chi connectivity index (χ0n) is 10.6.